The number of nitrogens with one attached hydrogen (secondary N) is 1. The second kappa shape index (κ2) is 10.8. The van der Waals surface area contributed by atoms with Gasteiger partial charge in [-0.05, 0) is 60.0 Å². The first-order valence-corrected chi connectivity index (χ1v) is 9.02. The van der Waals surface area contributed by atoms with Gasteiger partial charge in [0.25, 0.3) is 0 Å². The molecule has 0 heterocycles. The summed E-state index contributed by atoms with van der Waals surface area (Å²) in [4.78, 5) is 0. The van der Waals surface area contributed by atoms with Gasteiger partial charge in [0.2, 0.25) is 0 Å². The Balaban J connectivity index is 0.00000288. The normalized spacial score (nSPS) is 10.7. The highest BCUT2D eigenvalue weighted by Crippen LogP contribution is 2.18. The summed E-state index contributed by atoms with van der Waals surface area (Å²) in [5.41, 5.74) is 5.37. The third kappa shape index (κ3) is 6.84. The fraction of sp³-hybridized carbons (Fsp3) is 0.429. The zero-order valence-electron chi connectivity index (χ0n) is 14.9. The Bertz CT molecular complexity index is 606. The van der Waals surface area contributed by atoms with E-state index in [1.54, 1.807) is 0 Å². The lowest BCUT2D eigenvalue weighted by atomic mass is 10.0. The highest BCUT2D eigenvalue weighted by molar-refractivity contribution is 6.31. The molecule has 0 fully saturated rings. The van der Waals surface area contributed by atoms with Crippen molar-refractivity contribution in [1.82, 2.24) is 5.32 Å². The van der Waals surface area contributed by atoms with Crippen LogP contribution in [0.3, 0.4) is 0 Å². The largest absolute Gasteiger partial charge is 0.312 e. The lowest BCUT2D eigenvalue weighted by Crippen LogP contribution is -2.16. The van der Waals surface area contributed by atoms with Gasteiger partial charge in [-0.2, -0.15) is 0 Å². The maximum atomic E-state index is 6.17. The molecule has 3 heteroatoms. The highest BCUT2D eigenvalue weighted by Gasteiger charge is 2.01. The highest BCUT2D eigenvalue weighted by atomic mass is 35.5. The second-order valence-corrected chi connectivity index (χ2v) is 7.03. The molecule has 0 amide bonds. The first kappa shape index (κ1) is 21.0. The number of hydrogen-bond acceptors (Lipinski definition) is 1. The molecule has 0 aliphatic heterocycles. The van der Waals surface area contributed by atoms with Crippen LogP contribution in [0, 0.1) is 5.92 Å². The minimum Gasteiger partial charge on any atom is -0.312 e. The number of hydrogen-bond donors (Lipinski definition) is 1. The Hall–Kier alpha value is -1.02. The molecule has 2 aromatic rings. The quantitative estimate of drug-likeness (QED) is 0.578. The van der Waals surface area contributed by atoms with E-state index in [0.29, 0.717) is 5.92 Å². The fourth-order valence-corrected chi connectivity index (χ4v) is 3.04. The Morgan fingerprint density at radius 3 is 2.21 bits per heavy atom. The minimum absolute atomic E-state index is 0. The summed E-state index contributed by atoms with van der Waals surface area (Å²) in [5, 5.41) is 4.41. The standard InChI is InChI=1S/C21H28ClN.ClH/c1-4-20-14-18(9-10-21(20)22)11-12-23-15-19-7-5-17(6-8-19)13-16(2)3;/h5-10,14,16,23H,4,11-13,15H2,1-3H3;1H. The Kier molecular flexibility index (Phi) is 9.43. The van der Waals surface area contributed by atoms with Gasteiger partial charge in [0.05, 0.1) is 0 Å². The predicted octanol–water partition coefficient (Wildman–Crippen LogP) is 5.86. The van der Waals surface area contributed by atoms with Crippen LogP contribution in [0.5, 0.6) is 0 Å². The lowest BCUT2D eigenvalue weighted by Gasteiger charge is -2.09. The third-order valence-corrected chi connectivity index (χ3v) is 4.45. The van der Waals surface area contributed by atoms with Gasteiger partial charge >= 0.3 is 0 Å². The molecule has 24 heavy (non-hydrogen) atoms. The van der Waals surface area contributed by atoms with Crippen molar-refractivity contribution < 1.29 is 0 Å². The van der Waals surface area contributed by atoms with Crippen LogP contribution in [0.4, 0.5) is 0 Å². The Morgan fingerprint density at radius 2 is 1.58 bits per heavy atom. The van der Waals surface area contributed by atoms with Crippen LogP contribution in [0.2, 0.25) is 5.02 Å². The van der Waals surface area contributed by atoms with Crippen molar-refractivity contribution in [3.05, 3.63) is 69.7 Å². The van der Waals surface area contributed by atoms with Crippen LogP contribution in [-0.4, -0.2) is 6.54 Å². The molecule has 2 aromatic carbocycles. The van der Waals surface area contributed by atoms with Gasteiger partial charge in [-0.15, -0.1) is 12.4 Å². The van der Waals surface area contributed by atoms with E-state index >= 15 is 0 Å². The molecule has 0 aliphatic carbocycles. The summed E-state index contributed by atoms with van der Waals surface area (Å²) in [6.07, 6.45) is 3.18. The second-order valence-electron chi connectivity index (χ2n) is 6.62. The van der Waals surface area contributed by atoms with Crippen molar-refractivity contribution in [2.24, 2.45) is 5.92 Å². The third-order valence-electron chi connectivity index (χ3n) is 4.08. The average Bonchev–Trinajstić information content (AvgIpc) is 2.54. The predicted molar refractivity (Wildman–Crippen MR) is 108 cm³/mol. The van der Waals surface area contributed by atoms with Crippen LogP contribution < -0.4 is 5.32 Å². The van der Waals surface area contributed by atoms with Crippen molar-refractivity contribution in [3.8, 4) is 0 Å². The monoisotopic (exact) mass is 365 g/mol. The molecule has 0 saturated carbocycles. The Morgan fingerprint density at radius 1 is 0.958 bits per heavy atom. The van der Waals surface area contributed by atoms with Crippen LogP contribution >= 0.6 is 24.0 Å². The van der Waals surface area contributed by atoms with Gasteiger partial charge in [0.1, 0.15) is 0 Å². The van der Waals surface area contributed by atoms with Crippen molar-refractivity contribution >= 4 is 24.0 Å². The number of halogens is 2. The van der Waals surface area contributed by atoms with E-state index in [4.69, 9.17) is 11.6 Å². The molecule has 0 saturated heterocycles. The summed E-state index contributed by atoms with van der Waals surface area (Å²) < 4.78 is 0. The van der Waals surface area contributed by atoms with E-state index in [9.17, 15) is 0 Å². The SMILES string of the molecule is CCc1cc(CCNCc2ccc(CC(C)C)cc2)ccc1Cl.Cl. The first-order valence-electron chi connectivity index (χ1n) is 8.64. The maximum Gasteiger partial charge on any atom is 0.0438 e. The van der Waals surface area contributed by atoms with Crippen molar-refractivity contribution in [1.29, 1.82) is 0 Å². The first-order chi connectivity index (χ1) is 11.1. The van der Waals surface area contributed by atoms with Crippen LogP contribution in [0.25, 0.3) is 0 Å². The summed E-state index contributed by atoms with van der Waals surface area (Å²) in [5.74, 6) is 0.714. The van der Waals surface area contributed by atoms with Crippen LogP contribution in [-0.2, 0) is 25.8 Å². The fourth-order valence-electron chi connectivity index (χ4n) is 2.78. The summed E-state index contributed by atoms with van der Waals surface area (Å²) >= 11 is 6.17. The molecule has 2 rings (SSSR count). The van der Waals surface area contributed by atoms with Gasteiger partial charge in [0.15, 0.2) is 0 Å². The van der Waals surface area contributed by atoms with Crippen molar-refractivity contribution in [3.63, 3.8) is 0 Å². The van der Waals surface area contributed by atoms with Crippen molar-refractivity contribution in [2.75, 3.05) is 6.54 Å². The van der Waals surface area contributed by atoms with E-state index < -0.39 is 0 Å². The van der Waals surface area contributed by atoms with E-state index in [-0.39, 0.29) is 12.4 Å². The molecule has 0 bridgehead atoms. The molecule has 0 spiro atoms. The molecule has 1 nitrogen and oxygen atoms in total. The number of rotatable bonds is 8. The van der Waals surface area contributed by atoms with Gasteiger partial charge < -0.3 is 5.32 Å². The molecule has 0 aliphatic rings. The zero-order chi connectivity index (χ0) is 16.7. The molecular formula is C21H29Cl2N. The molecule has 0 radical (unpaired) electrons. The van der Waals surface area contributed by atoms with E-state index in [1.165, 1.54) is 22.3 Å². The average molecular weight is 366 g/mol. The van der Waals surface area contributed by atoms with Gasteiger partial charge in [-0.1, -0.05) is 68.8 Å². The summed E-state index contributed by atoms with van der Waals surface area (Å²) in [6.45, 7) is 8.58. The topological polar surface area (TPSA) is 12.0 Å². The minimum atomic E-state index is 0. The molecule has 132 valence electrons. The molecule has 0 atom stereocenters. The number of aryl methyl sites for hydroxylation is 1. The number of benzene rings is 2. The lowest BCUT2D eigenvalue weighted by molar-refractivity contribution is 0.646. The van der Waals surface area contributed by atoms with Gasteiger partial charge in [-0.25, -0.2) is 0 Å². The van der Waals surface area contributed by atoms with Gasteiger partial charge in [0, 0.05) is 11.6 Å². The molecule has 0 unspecified atom stereocenters. The maximum absolute atomic E-state index is 6.17. The van der Waals surface area contributed by atoms with E-state index in [2.05, 4.69) is 62.5 Å². The smallest absolute Gasteiger partial charge is 0.0438 e. The summed E-state index contributed by atoms with van der Waals surface area (Å²) in [7, 11) is 0. The van der Waals surface area contributed by atoms with E-state index in [0.717, 1.165) is 37.4 Å². The Labute approximate surface area is 158 Å². The molecule has 0 aromatic heterocycles. The van der Waals surface area contributed by atoms with Crippen LogP contribution in [0.15, 0.2) is 42.5 Å². The summed E-state index contributed by atoms with van der Waals surface area (Å²) in [6, 6.07) is 15.4. The van der Waals surface area contributed by atoms with Crippen LogP contribution in [0.1, 0.15) is 43.0 Å². The molecular weight excluding hydrogens is 337 g/mol. The van der Waals surface area contributed by atoms with Crippen molar-refractivity contribution in [2.45, 2.75) is 46.6 Å². The van der Waals surface area contributed by atoms with E-state index in [1.807, 2.05) is 6.07 Å². The van der Waals surface area contributed by atoms with Gasteiger partial charge in [-0.3, -0.25) is 0 Å². The molecule has 1 N–H and O–H groups in total. The zero-order valence-corrected chi connectivity index (χ0v) is 16.5.